The van der Waals surface area contributed by atoms with E-state index in [9.17, 15) is 24.8 Å². The summed E-state index contributed by atoms with van der Waals surface area (Å²) in [5.41, 5.74) is 0.326. The molecule has 2 N–H and O–H groups in total. The van der Waals surface area contributed by atoms with Crippen LogP contribution in [-0.4, -0.2) is 32.9 Å². The summed E-state index contributed by atoms with van der Waals surface area (Å²) in [4.78, 5) is 37.4. The summed E-state index contributed by atoms with van der Waals surface area (Å²) >= 11 is 5.66. The number of aliphatic carboxylic acids is 1. The zero-order valence-electron chi connectivity index (χ0n) is 12.2. The molecule has 24 heavy (non-hydrogen) atoms. The molecule has 0 saturated carbocycles. The second kappa shape index (κ2) is 7.51. The lowest BCUT2D eigenvalue weighted by atomic mass is 10.1. The van der Waals surface area contributed by atoms with Gasteiger partial charge in [0.25, 0.3) is 11.6 Å². The third-order valence-corrected chi connectivity index (χ3v) is 3.37. The van der Waals surface area contributed by atoms with E-state index in [1.54, 1.807) is 6.07 Å². The summed E-state index contributed by atoms with van der Waals surface area (Å²) in [6, 6.07) is 6.95. The highest BCUT2D eigenvalue weighted by Crippen LogP contribution is 2.14. The number of carbonyl (C=O) groups is 2. The highest BCUT2D eigenvalue weighted by molar-refractivity contribution is 6.29. The number of pyridine rings is 1. The van der Waals surface area contributed by atoms with Crippen molar-refractivity contribution in [2.24, 2.45) is 0 Å². The van der Waals surface area contributed by atoms with Gasteiger partial charge in [0.15, 0.2) is 0 Å². The van der Waals surface area contributed by atoms with Gasteiger partial charge in [-0.1, -0.05) is 23.7 Å². The van der Waals surface area contributed by atoms with Crippen LogP contribution in [0.4, 0.5) is 5.69 Å². The highest BCUT2D eigenvalue weighted by atomic mass is 35.5. The topological polar surface area (TPSA) is 122 Å². The van der Waals surface area contributed by atoms with E-state index in [-0.39, 0.29) is 22.8 Å². The minimum absolute atomic E-state index is 0.000168. The molecule has 1 heterocycles. The maximum absolute atomic E-state index is 12.1. The number of carboxylic acids is 1. The Morgan fingerprint density at radius 3 is 2.67 bits per heavy atom. The average Bonchev–Trinajstić information content (AvgIpc) is 2.56. The number of carboxylic acid groups (broad SMARTS) is 1. The van der Waals surface area contributed by atoms with Crippen LogP contribution in [0.3, 0.4) is 0 Å². The number of rotatable bonds is 6. The number of hydrogen-bond donors (Lipinski definition) is 2. The van der Waals surface area contributed by atoms with Gasteiger partial charge in [-0.2, -0.15) is 0 Å². The Kier molecular flexibility index (Phi) is 5.43. The fraction of sp³-hybridized carbons (Fsp3) is 0.133. The number of carbonyl (C=O) groups excluding carboxylic acids is 1. The normalized spacial score (nSPS) is 11.5. The van der Waals surface area contributed by atoms with E-state index in [0.29, 0.717) is 5.56 Å². The Labute approximate surface area is 141 Å². The van der Waals surface area contributed by atoms with Crippen LogP contribution in [0.2, 0.25) is 5.15 Å². The van der Waals surface area contributed by atoms with E-state index < -0.39 is 22.8 Å². The molecule has 0 aliphatic rings. The Bertz CT molecular complexity index is 779. The molecule has 9 heteroatoms. The molecular formula is C15H12ClN3O5. The van der Waals surface area contributed by atoms with Gasteiger partial charge >= 0.3 is 5.97 Å². The van der Waals surface area contributed by atoms with Crippen molar-refractivity contribution >= 4 is 29.2 Å². The molecule has 0 aliphatic carbocycles. The second-order valence-electron chi connectivity index (χ2n) is 4.87. The second-order valence-corrected chi connectivity index (χ2v) is 5.25. The molecular weight excluding hydrogens is 338 g/mol. The zero-order chi connectivity index (χ0) is 17.7. The Morgan fingerprint density at radius 1 is 1.33 bits per heavy atom. The average molecular weight is 350 g/mol. The number of amides is 1. The van der Waals surface area contributed by atoms with Gasteiger partial charge in [-0.3, -0.25) is 14.9 Å². The third kappa shape index (κ3) is 4.50. The van der Waals surface area contributed by atoms with Gasteiger partial charge in [-0.05, 0) is 17.7 Å². The monoisotopic (exact) mass is 349 g/mol. The fourth-order valence-corrected chi connectivity index (χ4v) is 2.08. The van der Waals surface area contributed by atoms with E-state index >= 15 is 0 Å². The summed E-state index contributed by atoms with van der Waals surface area (Å²) in [5, 5.41) is 22.6. The predicted molar refractivity (Wildman–Crippen MR) is 84.9 cm³/mol. The first-order valence-electron chi connectivity index (χ1n) is 6.75. The zero-order valence-corrected chi connectivity index (χ0v) is 12.9. The van der Waals surface area contributed by atoms with Crippen LogP contribution in [-0.2, 0) is 11.2 Å². The Morgan fingerprint density at radius 2 is 2.08 bits per heavy atom. The van der Waals surface area contributed by atoms with Crippen molar-refractivity contribution in [3.05, 3.63) is 69.0 Å². The number of nitro benzene ring substituents is 1. The van der Waals surface area contributed by atoms with Crippen LogP contribution in [0.15, 0.2) is 42.6 Å². The van der Waals surface area contributed by atoms with E-state index in [4.69, 9.17) is 11.6 Å². The van der Waals surface area contributed by atoms with E-state index in [2.05, 4.69) is 10.3 Å². The molecule has 0 spiro atoms. The molecule has 0 saturated heterocycles. The third-order valence-electron chi connectivity index (χ3n) is 3.15. The van der Waals surface area contributed by atoms with Gasteiger partial charge in [0.05, 0.1) is 4.92 Å². The van der Waals surface area contributed by atoms with Crippen LogP contribution in [0.1, 0.15) is 15.9 Å². The molecule has 0 unspecified atom stereocenters. The quantitative estimate of drug-likeness (QED) is 0.467. The number of nitrogens with zero attached hydrogens (tertiary/aromatic N) is 2. The molecule has 2 rings (SSSR count). The van der Waals surface area contributed by atoms with Crippen molar-refractivity contribution < 1.29 is 19.6 Å². The molecule has 0 bridgehead atoms. The van der Waals surface area contributed by atoms with E-state index in [0.717, 1.165) is 6.07 Å². The lowest BCUT2D eigenvalue weighted by Gasteiger charge is -2.14. The predicted octanol–water partition coefficient (Wildman–Crippen LogP) is 2.07. The number of benzene rings is 1. The number of non-ortho nitro benzene ring substituents is 1. The minimum Gasteiger partial charge on any atom is -0.480 e. The first kappa shape index (κ1) is 17.4. The minimum atomic E-state index is -1.23. The molecule has 1 atom stereocenters. The molecule has 0 radical (unpaired) electrons. The standard InChI is InChI=1S/C15H12ClN3O5/c16-13-5-4-9(8-17-13)6-12(15(21)22)18-14(20)10-2-1-3-11(7-10)19(23)24/h1-5,7-8,12H,6H2,(H,18,20)(H,21,22)/t12-/m1/s1. The number of nitrogens with one attached hydrogen (secondary N) is 1. The summed E-state index contributed by atoms with van der Waals surface area (Å²) in [5.74, 6) is -1.95. The SMILES string of the molecule is O=C(N[C@H](Cc1ccc(Cl)nc1)C(=O)O)c1cccc([N+](=O)[O-])c1. The van der Waals surface area contributed by atoms with Gasteiger partial charge < -0.3 is 10.4 Å². The van der Waals surface area contributed by atoms with Crippen LogP contribution in [0.5, 0.6) is 0 Å². The maximum Gasteiger partial charge on any atom is 0.326 e. The van der Waals surface area contributed by atoms with Gasteiger partial charge in [0, 0.05) is 30.3 Å². The summed E-state index contributed by atoms with van der Waals surface area (Å²) < 4.78 is 0. The van der Waals surface area contributed by atoms with Gasteiger partial charge in [-0.15, -0.1) is 0 Å². The van der Waals surface area contributed by atoms with E-state index in [1.165, 1.54) is 30.5 Å². The van der Waals surface area contributed by atoms with Crippen molar-refractivity contribution in [2.45, 2.75) is 12.5 Å². The molecule has 0 fully saturated rings. The number of aromatic nitrogens is 1. The molecule has 8 nitrogen and oxygen atoms in total. The maximum atomic E-state index is 12.1. The first-order chi connectivity index (χ1) is 11.4. The molecule has 1 amide bonds. The fourth-order valence-electron chi connectivity index (χ4n) is 1.97. The van der Waals surface area contributed by atoms with Crippen molar-refractivity contribution in [2.75, 3.05) is 0 Å². The number of hydrogen-bond acceptors (Lipinski definition) is 5. The smallest absolute Gasteiger partial charge is 0.326 e. The highest BCUT2D eigenvalue weighted by Gasteiger charge is 2.22. The number of halogens is 1. The van der Waals surface area contributed by atoms with Crippen LogP contribution >= 0.6 is 11.6 Å². The lowest BCUT2D eigenvalue weighted by molar-refractivity contribution is -0.384. The van der Waals surface area contributed by atoms with E-state index in [1.807, 2.05) is 0 Å². The molecule has 1 aromatic heterocycles. The van der Waals surface area contributed by atoms with Crippen molar-refractivity contribution in [1.29, 1.82) is 0 Å². The van der Waals surface area contributed by atoms with Gasteiger partial charge in [-0.25, -0.2) is 9.78 Å². The Balaban J connectivity index is 2.13. The molecule has 0 aliphatic heterocycles. The number of nitro groups is 1. The van der Waals surface area contributed by atoms with Crippen LogP contribution < -0.4 is 5.32 Å². The first-order valence-corrected chi connectivity index (χ1v) is 7.13. The van der Waals surface area contributed by atoms with Gasteiger partial charge in [0.1, 0.15) is 11.2 Å². The lowest BCUT2D eigenvalue weighted by Crippen LogP contribution is -2.42. The van der Waals surface area contributed by atoms with Crippen molar-refractivity contribution in [1.82, 2.24) is 10.3 Å². The van der Waals surface area contributed by atoms with Crippen LogP contribution in [0.25, 0.3) is 0 Å². The van der Waals surface area contributed by atoms with Crippen molar-refractivity contribution in [3.63, 3.8) is 0 Å². The Hall–Kier alpha value is -3.00. The largest absolute Gasteiger partial charge is 0.480 e. The summed E-state index contributed by atoms with van der Waals surface area (Å²) in [6.07, 6.45) is 1.41. The summed E-state index contributed by atoms with van der Waals surface area (Å²) in [7, 11) is 0. The van der Waals surface area contributed by atoms with Crippen LogP contribution in [0, 0.1) is 10.1 Å². The van der Waals surface area contributed by atoms with Gasteiger partial charge in [0.2, 0.25) is 0 Å². The summed E-state index contributed by atoms with van der Waals surface area (Å²) in [6.45, 7) is 0. The molecule has 1 aromatic carbocycles. The molecule has 2 aromatic rings. The molecule has 124 valence electrons. The van der Waals surface area contributed by atoms with Crippen molar-refractivity contribution in [3.8, 4) is 0 Å².